The minimum atomic E-state index is -2.21. The predicted molar refractivity (Wildman–Crippen MR) is 88.0 cm³/mol. The molecule has 0 atom stereocenters. The third-order valence-corrected chi connectivity index (χ3v) is 6.15. The van der Waals surface area contributed by atoms with Crippen LogP contribution in [0.3, 0.4) is 0 Å². The van der Waals surface area contributed by atoms with Crippen LogP contribution in [-0.2, 0) is 6.42 Å². The summed E-state index contributed by atoms with van der Waals surface area (Å²) in [6, 6.07) is 7.18. The summed E-state index contributed by atoms with van der Waals surface area (Å²) in [4.78, 5) is 10.3. The van der Waals surface area contributed by atoms with Crippen LogP contribution < -0.4 is 10.5 Å². The predicted octanol–water partition coefficient (Wildman–Crippen LogP) is 2.85. The highest BCUT2D eigenvalue weighted by atomic mass is 32.1. The molecule has 0 fully saturated rings. The van der Waals surface area contributed by atoms with Gasteiger partial charge in [0.25, 0.3) is 0 Å². The van der Waals surface area contributed by atoms with Crippen LogP contribution in [0.15, 0.2) is 23.6 Å². The Balaban J connectivity index is 2.19. The Morgan fingerprint density at radius 2 is 2.05 bits per heavy atom. The summed E-state index contributed by atoms with van der Waals surface area (Å²) in [5.74, 6) is 0. The summed E-state index contributed by atoms with van der Waals surface area (Å²) in [6.07, 6.45) is 1.06. The summed E-state index contributed by atoms with van der Waals surface area (Å²) >= 11 is 1.75. The summed E-state index contributed by atoms with van der Waals surface area (Å²) in [6.45, 7) is 9.32. The Kier molecular flexibility index (Phi) is 4.45. The van der Waals surface area contributed by atoms with Gasteiger partial charge in [0, 0.05) is 10.7 Å². The van der Waals surface area contributed by atoms with Crippen molar-refractivity contribution in [3.63, 3.8) is 0 Å². The van der Waals surface area contributed by atoms with E-state index in [1.54, 1.807) is 11.3 Å². The normalized spacial score (nSPS) is 12.5. The lowest BCUT2D eigenvalue weighted by Crippen LogP contribution is -2.40. The lowest BCUT2D eigenvalue weighted by Gasteiger charge is -2.13. The smallest absolute Gasteiger partial charge is 0.215 e. The van der Waals surface area contributed by atoms with Crippen molar-refractivity contribution < 1.29 is 4.80 Å². The Morgan fingerprint density at radius 3 is 2.68 bits per heavy atom. The van der Waals surface area contributed by atoms with Gasteiger partial charge >= 0.3 is 0 Å². The lowest BCUT2D eigenvalue weighted by molar-refractivity contribution is 0.569. The molecule has 2 rings (SSSR count). The fraction of sp³-hybridized carbons (Fsp3) is 0.467. The molecular weight excluding hydrogens is 270 g/mol. The van der Waals surface area contributed by atoms with Crippen LogP contribution in [0.25, 0.3) is 10.1 Å². The average Bonchev–Trinajstić information content (AvgIpc) is 2.71. The second kappa shape index (κ2) is 5.75. The topological polar surface area (TPSA) is 32.3 Å². The molecule has 0 saturated carbocycles. The van der Waals surface area contributed by atoms with Gasteiger partial charge in [-0.1, -0.05) is 26.0 Å². The zero-order chi connectivity index (χ0) is 14.0. The van der Waals surface area contributed by atoms with Crippen molar-refractivity contribution >= 4 is 34.9 Å². The van der Waals surface area contributed by atoms with Crippen LogP contribution in [0.2, 0.25) is 13.1 Å². The molecule has 4 heteroatoms. The summed E-state index contributed by atoms with van der Waals surface area (Å²) in [7, 11) is -2.21. The molecule has 2 aromatic rings. The fourth-order valence-electron chi connectivity index (χ4n) is 2.21. The maximum absolute atomic E-state index is 10.3. The van der Waals surface area contributed by atoms with Crippen molar-refractivity contribution in [2.75, 3.05) is 6.54 Å². The number of thiophene rings is 1. The first-order chi connectivity index (χ1) is 8.88. The number of benzene rings is 1. The van der Waals surface area contributed by atoms with E-state index >= 15 is 0 Å². The zero-order valence-corrected chi connectivity index (χ0v) is 14.0. The van der Waals surface area contributed by atoms with Crippen molar-refractivity contribution in [1.29, 1.82) is 0 Å². The molecule has 0 radical (unpaired) electrons. The first-order valence-electron chi connectivity index (χ1n) is 6.84. The number of hydrogen-bond donors (Lipinski definition) is 2. The molecule has 1 aromatic carbocycles. The minimum absolute atomic E-state index is 0.540. The molecule has 1 heterocycles. The van der Waals surface area contributed by atoms with Crippen molar-refractivity contribution in [2.24, 2.45) is 0 Å². The van der Waals surface area contributed by atoms with Gasteiger partial charge in [-0.15, -0.1) is 11.3 Å². The van der Waals surface area contributed by atoms with Crippen LogP contribution >= 0.6 is 11.3 Å². The number of hydrogen-bond acceptors (Lipinski definition) is 3. The molecule has 0 aliphatic rings. The Morgan fingerprint density at radius 1 is 1.32 bits per heavy atom. The van der Waals surface area contributed by atoms with E-state index in [9.17, 15) is 4.80 Å². The minimum Gasteiger partial charge on any atom is -0.428 e. The highest BCUT2D eigenvalue weighted by molar-refractivity contribution is 7.19. The van der Waals surface area contributed by atoms with Gasteiger partial charge in [0.05, 0.1) is 0 Å². The molecule has 2 nitrogen and oxygen atoms in total. The SMILES string of the molecule is CC(C)NCCc1ccc2c([Si](C)(C)O)csc2c1. The molecule has 1 aromatic heterocycles. The molecule has 19 heavy (non-hydrogen) atoms. The summed E-state index contributed by atoms with van der Waals surface area (Å²) in [5, 5.41) is 7.98. The Hall–Kier alpha value is -0.683. The molecule has 0 aliphatic carbocycles. The van der Waals surface area contributed by atoms with E-state index in [4.69, 9.17) is 0 Å². The summed E-state index contributed by atoms with van der Waals surface area (Å²) in [5.41, 5.74) is 1.37. The second-order valence-corrected chi connectivity index (χ2v) is 10.5. The van der Waals surface area contributed by atoms with Gasteiger partial charge in [-0.3, -0.25) is 0 Å². The number of rotatable bonds is 5. The molecule has 104 valence electrons. The van der Waals surface area contributed by atoms with E-state index in [1.165, 1.54) is 20.8 Å². The van der Waals surface area contributed by atoms with Crippen LogP contribution in [0.5, 0.6) is 0 Å². The van der Waals surface area contributed by atoms with Gasteiger partial charge in [0.2, 0.25) is 8.32 Å². The first-order valence-corrected chi connectivity index (χ1v) is 10.7. The third kappa shape index (κ3) is 3.66. The lowest BCUT2D eigenvalue weighted by atomic mass is 10.1. The van der Waals surface area contributed by atoms with Gasteiger partial charge in [-0.05, 0) is 53.6 Å². The maximum atomic E-state index is 10.3. The van der Waals surface area contributed by atoms with Gasteiger partial charge in [-0.2, -0.15) is 0 Å². The average molecular weight is 294 g/mol. The van der Waals surface area contributed by atoms with E-state index in [-0.39, 0.29) is 0 Å². The molecule has 2 N–H and O–H groups in total. The first kappa shape index (κ1) is 14.7. The maximum Gasteiger partial charge on any atom is 0.215 e. The highest BCUT2D eigenvalue weighted by Crippen LogP contribution is 2.23. The van der Waals surface area contributed by atoms with E-state index in [2.05, 4.69) is 42.7 Å². The van der Waals surface area contributed by atoms with Crippen LogP contribution in [-0.4, -0.2) is 25.7 Å². The van der Waals surface area contributed by atoms with Crippen LogP contribution in [0, 0.1) is 0 Å². The van der Waals surface area contributed by atoms with Gasteiger partial charge < -0.3 is 10.1 Å². The Bertz CT molecular complexity index is 557. The molecular formula is C15H23NOSSi. The molecule has 0 saturated heterocycles. The highest BCUT2D eigenvalue weighted by Gasteiger charge is 2.23. The number of fused-ring (bicyclic) bond motifs is 1. The van der Waals surface area contributed by atoms with E-state index in [1.807, 2.05) is 13.1 Å². The van der Waals surface area contributed by atoms with Gasteiger partial charge in [0.15, 0.2) is 0 Å². The quantitative estimate of drug-likeness (QED) is 0.831. The van der Waals surface area contributed by atoms with Crippen molar-refractivity contribution in [1.82, 2.24) is 5.32 Å². The van der Waals surface area contributed by atoms with Crippen molar-refractivity contribution in [3.05, 3.63) is 29.1 Å². The standard InChI is InChI=1S/C15H23NOSSi/c1-11(2)16-8-7-12-5-6-13-14(9-12)18-10-15(13)19(3,4)17/h5-6,9-11,16-17H,7-8H2,1-4H3. The van der Waals surface area contributed by atoms with Gasteiger partial charge in [-0.25, -0.2) is 0 Å². The summed E-state index contributed by atoms with van der Waals surface area (Å²) < 4.78 is 1.30. The van der Waals surface area contributed by atoms with E-state index in [0.29, 0.717) is 6.04 Å². The van der Waals surface area contributed by atoms with Gasteiger partial charge in [0.1, 0.15) is 0 Å². The van der Waals surface area contributed by atoms with Crippen LogP contribution in [0.4, 0.5) is 0 Å². The number of nitrogens with one attached hydrogen (secondary N) is 1. The molecule has 0 amide bonds. The van der Waals surface area contributed by atoms with Crippen molar-refractivity contribution in [3.8, 4) is 0 Å². The van der Waals surface area contributed by atoms with Crippen molar-refractivity contribution in [2.45, 2.75) is 39.4 Å². The molecule has 0 bridgehead atoms. The van der Waals surface area contributed by atoms with E-state index < -0.39 is 8.32 Å². The largest absolute Gasteiger partial charge is 0.428 e. The van der Waals surface area contributed by atoms with E-state index in [0.717, 1.165) is 13.0 Å². The molecule has 0 aliphatic heterocycles. The Labute approximate surface area is 120 Å². The molecule has 0 unspecified atom stereocenters. The monoisotopic (exact) mass is 293 g/mol. The second-order valence-electron chi connectivity index (χ2n) is 5.90. The zero-order valence-electron chi connectivity index (χ0n) is 12.2. The fourth-order valence-corrected chi connectivity index (χ4v) is 5.40. The third-order valence-electron chi connectivity index (χ3n) is 3.27. The molecule has 0 spiro atoms. The van der Waals surface area contributed by atoms with Crippen LogP contribution in [0.1, 0.15) is 19.4 Å².